The van der Waals surface area contributed by atoms with E-state index in [4.69, 9.17) is 14.2 Å². The number of hydrogen-bond acceptors (Lipinski definition) is 6. The fourth-order valence-electron chi connectivity index (χ4n) is 3.91. The molecule has 1 unspecified atom stereocenters. The summed E-state index contributed by atoms with van der Waals surface area (Å²) in [6.45, 7) is 1.11. The SMILES string of the molecule is COc1ccc(OC)c([C@H]2CCC[NH+]2CC(=O)Nc2ccc([N+](=O)[O-])cc2OC)c1. The molecular formula is C21H26N3O6+. The highest BCUT2D eigenvalue weighted by molar-refractivity contribution is 5.93. The van der Waals surface area contributed by atoms with E-state index < -0.39 is 4.92 Å². The van der Waals surface area contributed by atoms with Crippen molar-refractivity contribution in [1.82, 2.24) is 0 Å². The van der Waals surface area contributed by atoms with Crippen LogP contribution < -0.4 is 24.4 Å². The van der Waals surface area contributed by atoms with Gasteiger partial charge in [0.2, 0.25) is 0 Å². The van der Waals surface area contributed by atoms with Crippen LogP contribution in [0.15, 0.2) is 36.4 Å². The van der Waals surface area contributed by atoms with E-state index in [1.165, 1.54) is 25.3 Å². The van der Waals surface area contributed by atoms with E-state index in [1.807, 2.05) is 18.2 Å². The van der Waals surface area contributed by atoms with Gasteiger partial charge in [-0.1, -0.05) is 0 Å². The average molecular weight is 416 g/mol. The Morgan fingerprint density at radius 1 is 1.13 bits per heavy atom. The molecule has 1 aliphatic heterocycles. The fourth-order valence-corrected chi connectivity index (χ4v) is 3.91. The minimum absolute atomic E-state index is 0.0970. The van der Waals surface area contributed by atoms with Gasteiger partial charge in [-0.25, -0.2) is 0 Å². The first-order valence-electron chi connectivity index (χ1n) is 9.65. The summed E-state index contributed by atoms with van der Waals surface area (Å²) in [7, 11) is 4.66. The predicted octanol–water partition coefficient (Wildman–Crippen LogP) is 1.98. The first-order valence-corrected chi connectivity index (χ1v) is 9.65. The Balaban J connectivity index is 1.75. The summed E-state index contributed by atoms with van der Waals surface area (Å²) in [5.74, 6) is 1.58. The van der Waals surface area contributed by atoms with Crippen molar-refractivity contribution < 1.29 is 28.8 Å². The summed E-state index contributed by atoms with van der Waals surface area (Å²) >= 11 is 0. The number of carbonyl (C=O) groups excluding carboxylic acids is 1. The summed E-state index contributed by atoms with van der Waals surface area (Å²) < 4.78 is 16.1. The number of ether oxygens (including phenoxy) is 3. The van der Waals surface area contributed by atoms with Crippen molar-refractivity contribution in [2.24, 2.45) is 0 Å². The number of methoxy groups -OCH3 is 3. The first kappa shape index (κ1) is 21.4. The Kier molecular flexibility index (Phi) is 6.73. The van der Waals surface area contributed by atoms with Crippen LogP contribution >= 0.6 is 0 Å². The number of non-ortho nitro benzene ring substituents is 1. The van der Waals surface area contributed by atoms with E-state index in [9.17, 15) is 14.9 Å². The zero-order valence-corrected chi connectivity index (χ0v) is 17.3. The number of nitrogens with zero attached hydrogens (tertiary/aromatic N) is 1. The van der Waals surface area contributed by atoms with Gasteiger partial charge < -0.3 is 24.4 Å². The van der Waals surface area contributed by atoms with Crippen molar-refractivity contribution in [1.29, 1.82) is 0 Å². The number of nitro groups is 1. The van der Waals surface area contributed by atoms with Gasteiger partial charge in [0.05, 0.1) is 50.1 Å². The van der Waals surface area contributed by atoms with Gasteiger partial charge in [-0.05, 0) is 24.3 Å². The third-order valence-electron chi connectivity index (χ3n) is 5.35. The molecule has 30 heavy (non-hydrogen) atoms. The molecule has 1 heterocycles. The number of nitrogens with one attached hydrogen (secondary N) is 2. The summed E-state index contributed by atoms with van der Waals surface area (Å²) in [6.07, 6.45) is 1.93. The number of quaternary nitrogens is 1. The summed E-state index contributed by atoms with van der Waals surface area (Å²) in [4.78, 5) is 24.3. The van der Waals surface area contributed by atoms with Crippen molar-refractivity contribution in [2.45, 2.75) is 18.9 Å². The van der Waals surface area contributed by atoms with E-state index >= 15 is 0 Å². The van der Waals surface area contributed by atoms with Crippen molar-refractivity contribution in [2.75, 3.05) is 39.7 Å². The second-order valence-corrected chi connectivity index (χ2v) is 7.08. The maximum atomic E-state index is 12.7. The maximum Gasteiger partial charge on any atom is 0.279 e. The normalized spacial score (nSPS) is 18.0. The van der Waals surface area contributed by atoms with Gasteiger partial charge in [0.25, 0.3) is 11.6 Å². The standard InChI is InChI=1S/C21H25N3O6/c1-28-15-7-9-19(29-2)16(12-15)18-5-4-10-23(18)13-21(25)22-17-8-6-14(24(26)27)11-20(17)30-3/h6-9,11-12,18H,4-5,10,13H2,1-3H3,(H,22,25)/p+1/t18-/m1/s1. The molecule has 1 saturated heterocycles. The highest BCUT2D eigenvalue weighted by atomic mass is 16.6. The van der Waals surface area contributed by atoms with Gasteiger partial charge in [0.1, 0.15) is 23.3 Å². The molecule has 1 amide bonds. The van der Waals surface area contributed by atoms with Gasteiger partial charge in [0, 0.05) is 18.9 Å². The number of amides is 1. The Labute approximate surface area is 174 Å². The molecule has 0 spiro atoms. The monoisotopic (exact) mass is 416 g/mol. The topological polar surface area (TPSA) is 104 Å². The molecule has 2 aromatic carbocycles. The molecule has 1 aliphatic rings. The Morgan fingerprint density at radius 2 is 1.90 bits per heavy atom. The van der Waals surface area contributed by atoms with Crippen molar-refractivity contribution in [3.05, 3.63) is 52.1 Å². The van der Waals surface area contributed by atoms with Crippen LogP contribution in [0.5, 0.6) is 17.2 Å². The third-order valence-corrected chi connectivity index (χ3v) is 5.35. The lowest BCUT2D eigenvalue weighted by atomic mass is 10.0. The molecule has 2 atom stereocenters. The van der Waals surface area contributed by atoms with Crippen LogP contribution in [-0.4, -0.2) is 45.2 Å². The molecule has 9 nitrogen and oxygen atoms in total. The van der Waals surface area contributed by atoms with Crippen LogP contribution in [0.25, 0.3) is 0 Å². The smallest absolute Gasteiger partial charge is 0.279 e. The number of benzene rings is 2. The first-order chi connectivity index (χ1) is 14.5. The molecule has 3 rings (SSSR count). The Bertz CT molecular complexity index is 933. The van der Waals surface area contributed by atoms with E-state index in [-0.39, 0.29) is 29.9 Å². The second-order valence-electron chi connectivity index (χ2n) is 7.08. The van der Waals surface area contributed by atoms with Crippen LogP contribution in [-0.2, 0) is 4.79 Å². The van der Waals surface area contributed by atoms with Crippen LogP contribution in [0.3, 0.4) is 0 Å². The zero-order chi connectivity index (χ0) is 21.7. The minimum Gasteiger partial charge on any atom is -0.497 e. The summed E-state index contributed by atoms with van der Waals surface area (Å²) in [5, 5.41) is 13.8. The lowest BCUT2D eigenvalue weighted by Crippen LogP contribution is -3.11. The number of rotatable bonds is 8. The number of hydrogen-bond donors (Lipinski definition) is 2. The molecule has 0 aliphatic carbocycles. The number of nitro benzene ring substituents is 1. The third kappa shape index (κ3) is 4.62. The molecule has 1 fully saturated rings. The number of likely N-dealkylation sites (tertiary alicyclic amines) is 1. The van der Waals surface area contributed by atoms with E-state index in [0.717, 1.165) is 41.3 Å². The molecule has 0 aromatic heterocycles. The lowest BCUT2D eigenvalue weighted by Gasteiger charge is -2.23. The van der Waals surface area contributed by atoms with Crippen LogP contribution in [0.2, 0.25) is 0 Å². The number of anilines is 1. The van der Waals surface area contributed by atoms with E-state index in [1.54, 1.807) is 14.2 Å². The van der Waals surface area contributed by atoms with Gasteiger partial charge in [-0.15, -0.1) is 0 Å². The molecule has 0 saturated carbocycles. The minimum atomic E-state index is -0.505. The Hall–Kier alpha value is -3.33. The van der Waals surface area contributed by atoms with Crippen molar-refractivity contribution >= 4 is 17.3 Å². The summed E-state index contributed by atoms with van der Waals surface area (Å²) in [6, 6.07) is 9.92. The highest BCUT2D eigenvalue weighted by Crippen LogP contribution is 2.32. The molecule has 160 valence electrons. The van der Waals surface area contributed by atoms with E-state index in [0.29, 0.717) is 5.69 Å². The molecular weight excluding hydrogens is 390 g/mol. The fraction of sp³-hybridized carbons (Fsp3) is 0.381. The summed E-state index contributed by atoms with van der Waals surface area (Å²) in [5.41, 5.74) is 1.33. The van der Waals surface area contributed by atoms with Crippen LogP contribution in [0.4, 0.5) is 11.4 Å². The zero-order valence-electron chi connectivity index (χ0n) is 17.3. The largest absolute Gasteiger partial charge is 0.497 e. The second kappa shape index (κ2) is 9.45. The van der Waals surface area contributed by atoms with Crippen molar-refractivity contribution in [3.8, 4) is 17.2 Å². The van der Waals surface area contributed by atoms with E-state index in [2.05, 4.69) is 5.32 Å². The van der Waals surface area contributed by atoms with Crippen LogP contribution in [0, 0.1) is 10.1 Å². The van der Waals surface area contributed by atoms with Crippen LogP contribution in [0.1, 0.15) is 24.4 Å². The molecule has 9 heteroatoms. The van der Waals surface area contributed by atoms with Gasteiger partial charge in [0.15, 0.2) is 6.54 Å². The molecule has 2 aromatic rings. The molecule has 0 radical (unpaired) electrons. The highest BCUT2D eigenvalue weighted by Gasteiger charge is 2.34. The average Bonchev–Trinajstić information content (AvgIpc) is 3.20. The quantitative estimate of drug-likeness (QED) is 0.504. The van der Waals surface area contributed by atoms with Gasteiger partial charge >= 0.3 is 0 Å². The molecule has 0 bridgehead atoms. The predicted molar refractivity (Wildman–Crippen MR) is 110 cm³/mol. The Morgan fingerprint density at radius 3 is 2.57 bits per heavy atom. The van der Waals surface area contributed by atoms with Crippen molar-refractivity contribution in [3.63, 3.8) is 0 Å². The van der Waals surface area contributed by atoms with Gasteiger partial charge in [-0.3, -0.25) is 14.9 Å². The molecule has 2 N–H and O–H groups in total. The number of carbonyl (C=O) groups is 1. The van der Waals surface area contributed by atoms with Gasteiger partial charge in [-0.2, -0.15) is 0 Å². The maximum absolute atomic E-state index is 12.7. The lowest BCUT2D eigenvalue weighted by molar-refractivity contribution is -0.910.